The van der Waals surface area contributed by atoms with E-state index >= 15 is 0 Å². The zero-order valence-electron chi connectivity index (χ0n) is 12.9. The number of rotatable bonds is 4. The van der Waals surface area contributed by atoms with Gasteiger partial charge in [-0.2, -0.15) is 0 Å². The zero-order chi connectivity index (χ0) is 16.8. The summed E-state index contributed by atoms with van der Waals surface area (Å²) in [5.74, 6) is -1.53. The molecule has 7 nitrogen and oxygen atoms in total. The van der Waals surface area contributed by atoms with Gasteiger partial charge in [-0.25, -0.2) is 9.59 Å². The average Bonchev–Trinajstić information content (AvgIpc) is 2.99. The number of phenolic OH excluding ortho intramolecular Hbond substituents is 1. The molecule has 1 aliphatic rings. The molecule has 0 heterocycles. The van der Waals surface area contributed by atoms with Crippen LogP contribution in [0.5, 0.6) is 5.75 Å². The lowest BCUT2D eigenvalue weighted by Gasteiger charge is -2.15. The molecule has 7 heteroatoms. The van der Waals surface area contributed by atoms with Crippen molar-refractivity contribution in [1.29, 1.82) is 0 Å². The van der Waals surface area contributed by atoms with Crippen molar-refractivity contribution in [2.75, 3.05) is 0 Å². The Morgan fingerprint density at radius 3 is 2.61 bits per heavy atom. The summed E-state index contributed by atoms with van der Waals surface area (Å²) in [6.07, 6.45) is 2.82. The largest absolute Gasteiger partial charge is 0.508 e. The van der Waals surface area contributed by atoms with Crippen LogP contribution >= 0.6 is 0 Å². The van der Waals surface area contributed by atoms with E-state index in [9.17, 15) is 19.5 Å². The molecule has 1 unspecified atom stereocenters. The number of amides is 3. The van der Waals surface area contributed by atoms with Crippen LogP contribution < -0.4 is 10.6 Å². The van der Waals surface area contributed by atoms with Crippen LogP contribution in [-0.2, 0) is 9.53 Å². The van der Waals surface area contributed by atoms with Crippen LogP contribution in [0.2, 0.25) is 0 Å². The van der Waals surface area contributed by atoms with Gasteiger partial charge in [-0.15, -0.1) is 0 Å². The van der Waals surface area contributed by atoms with E-state index in [-0.39, 0.29) is 17.4 Å². The van der Waals surface area contributed by atoms with Crippen molar-refractivity contribution >= 4 is 17.9 Å². The summed E-state index contributed by atoms with van der Waals surface area (Å²) in [6, 6.07) is 5.11. The van der Waals surface area contributed by atoms with E-state index in [2.05, 4.69) is 10.6 Å². The molecule has 1 aromatic carbocycles. The van der Waals surface area contributed by atoms with Crippen LogP contribution in [0.25, 0.3) is 0 Å². The Balaban J connectivity index is 1.82. The molecule has 0 aromatic heterocycles. The van der Waals surface area contributed by atoms with E-state index in [1.54, 1.807) is 0 Å². The van der Waals surface area contributed by atoms with Crippen molar-refractivity contribution in [3.8, 4) is 5.75 Å². The van der Waals surface area contributed by atoms with Gasteiger partial charge in [0.25, 0.3) is 5.91 Å². The summed E-state index contributed by atoms with van der Waals surface area (Å²) in [4.78, 5) is 35.4. The number of phenols is 1. The second-order valence-electron chi connectivity index (χ2n) is 5.54. The number of hydrogen-bond donors (Lipinski definition) is 3. The Morgan fingerprint density at radius 2 is 1.96 bits per heavy atom. The van der Waals surface area contributed by atoms with Crippen molar-refractivity contribution in [2.45, 2.75) is 44.8 Å². The molecular weight excluding hydrogens is 300 g/mol. The molecule has 0 saturated heterocycles. The summed E-state index contributed by atoms with van der Waals surface area (Å²) in [7, 11) is 0. The van der Waals surface area contributed by atoms with E-state index in [1.165, 1.54) is 31.2 Å². The quantitative estimate of drug-likeness (QED) is 0.733. The number of hydrogen-bond acceptors (Lipinski definition) is 5. The van der Waals surface area contributed by atoms with Crippen LogP contribution in [-0.4, -0.2) is 35.2 Å². The predicted octanol–water partition coefficient (Wildman–Crippen LogP) is 1.71. The van der Waals surface area contributed by atoms with E-state index in [1.807, 2.05) is 0 Å². The first-order valence-electron chi connectivity index (χ1n) is 7.57. The van der Waals surface area contributed by atoms with Crippen molar-refractivity contribution in [3.05, 3.63) is 29.8 Å². The SMILES string of the molecule is CC(OC(=O)c1cccc(O)c1)C(=O)NC(=O)NC1CCCC1. The average molecular weight is 320 g/mol. The number of esters is 1. The smallest absolute Gasteiger partial charge is 0.339 e. The number of benzene rings is 1. The fraction of sp³-hybridized carbons (Fsp3) is 0.438. The van der Waals surface area contributed by atoms with E-state index in [0.29, 0.717) is 0 Å². The van der Waals surface area contributed by atoms with Gasteiger partial charge in [0.1, 0.15) is 5.75 Å². The molecule has 3 amide bonds. The van der Waals surface area contributed by atoms with E-state index in [0.717, 1.165) is 25.7 Å². The molecule has 0 radical (unpaired) electrons. The number of ether oxygens (including phenoxy) is 1. The molecular formula is C16H20N2O5. The molecule has 0 aliphatic heterocycles. The van der Waals surface area contributed by atoms with Crippen LogP contribution in [0.1, 0.15) is 43.0 Å². The number of carbonyl (C=O) groups is 3. The van der Waals surface area contributed by atoms with Gasteiger partial charge in [-0.3, -0.25) is 10.1 Å². The normalized spacial score (nSPS) is 15.7. The molecule has 1 atom stereocenters. The number of carbonyl (C=O) groups excluding carboxylic acids is 3. The Labute approximate surface area is 134 Å². The Bertz CT molecular complexity index is 596. The fourth-order valence-electron chi connectivity index (χ4n) is 2.42. The second-order valence-corrected chi connectivity index (χ2v) is 5.54. The van der Waals surface area contributed by atoms with Crippen LogP contribution in [0.3, 0.4) is 0 Å². The van der Waals surface area contributed by atoms with Crippen molar-refractivity contribution in [2.24, 2.45) is 0 Å². The summed E-state index contributed by atoms with van der Waals surface area (Å²) in [6.45, 7) is 1.37. The predicted molar refractivity (Wildman–Crippen MR) is 81.9 cm³/mol. The van der Waals surface area contributed by atoms with Gasteiger partial charge in [0.15, 0.2) is 6.10 Å². The van der Waals surface area contributed by atoms with Gasteiger partial charge < -0.3 is 15.2 Å². The van der Waals surface area contributed by atoms with E-state index in [4.69, 9.17) is 4.74 Å². The number of imide groups is 1. The summed E-state index contributed by atoms with van der Waals surface area (Å²) < 4.78 is 4.98. The highest BCUT2D eigenvalue weighted by atomic mass is 16.5. The monoisotopic (exact) mass is 320 g/mol. The fourth-order valence-corrected chi connectivity index (χ4v) is 2.42. The zero-order valence-corrected chi connectivity index (χ0v) is 12.9. The maximum absolute atomic E-state index is 11.9. The van der Waals surface area contributed by atoms with E-state index < -0.39 is 24.0 Å². The third kappa shape index (κ3) is 4.98. The van der Waals surface area contributed by atoms with Gasteiger partial charge in [0, 0.05) is 6.04 Å². The highest BCUT2D eigenvalue weighted by Gasteiger charge is 2.23. The maximum atomic E-state index is 11.9. The Morgan fingerprint density at radius 1 is 1.26 bits per heavy atom. The van der Waals surface area contributed by atoms with Crippen LogP contribution in [0.4, 0.5) is 4.79 Å². The maximum Gasteiger partial charge on any atom is 0.339 e. The van der Waals surface area contributed by atoms with Crippen molar-refractivity contribution in [1.82, 2.24) is 10.6 Å². The first kappa shape index (κ1) is 16.8. The standard InChI is InChI=1S/C16H20N2O5/c1-10(23-15(21)11-5-4-8-13(19)9-11)14(20)18-16(22)17-12-6-2-3-7-12/h4-5,8-10,12,19H,2-3,6-7H2,1H3,(H2,17,18,20,22). The van der Waals surface area contributed by atoms with Crippen molar-refractivity contribution in [3.63, 3.8) is 0 Å². The topological polar surface area (TPSA) is 105 Å². The molecule has 124 valence electrons. The molecule has 0 bridgehead atoms. The highest BCUT2D eigenvalue weighted by molar-refractivity contribution is 5.98. The van der Waals surface area contributed by atoms with Gasteiger partial charge in [-0.1, -0.05) is 18.9 Å². The highest BCUT2D eigenvalue weighted by Crippen LogP contribution is 2.17. The van der Waals surface area contributed by atoms with Crippen LogP contribution in [0, 0.1) is 0 Å². The number of urea groups is 1. The Kier molecular flexibility index (Phi) is 5.56. The first-order valence-corrected chi connectivity index (χ1v) is 7.57. The number of nitrogens with one attached hydrogen (secondary N) is 2. The summed E-state index contributed by atoms with van der Waals surface area (Å²) in [5, 5.41) is 14.2. The third-order valence-corrected chi connectivity index (χ3v) is 3.66. The van der Waals surface area contributed by atoms with Crippen molar-refractivity contribution < 1.29 is 24.2 Å². The van der Waals surface area contributed by atoms with Gasteiger partial charge in [-0.05, 0) is 38.0 Å². The lowest BCUT2D eigenvalue weighted by atomic mass is 10.2. The molecule has 1 aromatic rings. The molecule has 1 fully saturated rings. The lowest BCUT2D eigenvalue weighted by molar-refractivity contribution is -0.127. The minimum absolute atomic E-state index is 0.0764. The third-order valence-electron chi connectivity index (χ3n) is 3.66. The summed E-state index contributed by atoms with van der Waals surface area (Å²) in [5.41, 5.74) is 0.125. The van der Waals surface area contributed by atoms with Gasteiger partial charge >= 0.3 is 12.0 Å². The second kappa shape index (κ2) is 7.62. The Hall–Kier alpha value is -2.57. The van der Waals surface area contributed by atoms with Crippen LogP contribution in [0.15, 0.2) is 24.3 Å². The molecule has 1 saturated carbocycles. The molecule has 0 spiro atoms. The first-order chi connectivity index (χ1) is 11.0. The molecule has 3 N–H and O–H groups in total. The summed E-state index contributed by atoms with van der Waals surface area (Å²) >= 11 is 0. The molecule has 1 aliphatic carbocycles. The van der Waals surface area contributed by atoms with Gasteiger partial charge in [0.2, 0.25) is 0 Å². The molecule has 2 rings (SSSR count). The minimum Gasteiger partial charge on any atom is -0.508 e. The molecule has 23 heavy (non-hydrogen) atoms. The lowest BCUT2D eigenvalue weighted by Crippen LogP contribution is -2.47. The number of aromatic hydroxyl groups is 1. The van der Waals surface area contributed by atoms with Gasteiger partial charge in [0.05, 0.1) is 5.56 Å². The minimum atomic E-state index is -1.13.